The van der Waals surface area contributed by atoms with E-state index in [2.05, 4.69) is 18.3 Å². The molecule has 6 heteroatoms. The van der Waals surface area contributed by atoms with Crippen LogP contribution < -0.4 is 19.5 Å². The lowest BCUT2D eigenvalue weighted by Crippen LogP contribution is -2.21. The second-order valence-corrected chi connectivity index (χ2v) is 7.76. The van der Waals surface area contributed by atoms with E-state index in [9.17, 15) is 4.79 Å². The number of rotatable bonds is 6. The van der Waals surface area contributed by atoms with Crippen LogP contribution in [0.5, 0.6) is 17.2 Å². The molecule has 0 aliphatic heterocycles. The van der Waals surface area contributed by atoms with E-state index in [0.29, 0.717) is 29.7 Å². The van der Waals surface area contributed by atoms with Gasteiger partial charge in [-0.3, -0.25) is 4.79 Å². The highest BCUT2D eigenvalue weighted by atomic mass is 32.1. The molecule has 140 valence electrons. The molecule has 0 saturated heterocycles. The van der Waals surface area contributed by atoms with Crippen molar-refractivity contribution in [3.63, 3.8) is 0 Å². The molecule has 0 fully saturated rings. The number of aryl methyl sites for hydroxylation is 1. The Kier molecular flexibility index (Phi) is 5.71. The second kappa shape index (κ2) is 7.99. The molecule has 1 aliphatic rings. The summed E-state index contributed by atoms with van der Waals surface area (Å²) in [7, 11) is 4.73. The highest BCUT2D eigenvalue weighted by Crippen LogP contribution is 2.38. The van der Waals surface area contributed by atoms with Crippen molar-refractivity contribution in [2.24, 2.45) is 5.92 Å². The van der Waals surface area contributed by atoms with Gasteiger partial charge in [0.05, 0.1) is 26.2 Å². The largest absolute Gasteiger partial charge is 0.493 e. The van der Waals surface area contributed by atoms with Gasteiger partial charge in [0.2, 0.25) is 5.75 Å². The molecular weight excluding hydrogens is 350 g/mol. The summed E-state index contributed by atoms with van der Waals surface area (Å²) in [6.07, 6.45) is 3.37. The van der Waals surface area contributed by atoms with Crippen LogP contribution in [0.4, 0.5) is 0 Å². The van der Waals surface area contributed by atoms with E-state index >= 15 is 0 Å². The molecule has 1 amide bonds. The average molecular weight is 375 g/mol. The first-order valence-corrected chi connectivity index (χ1v) is 9.56. The van der Waals surface area contributed by atoms with E-state index in [4.69, 9.17) is 14.2 Å². The molecule has 0 spiro atoms. The van der Waals surface area contributed by atoms with Gasteiger partial charge in [0, 0.05) is 11.4 Å². The molecule has 0 saturated carbocycles. The number of fused-ring (bicyclic) bond motifs is 1. The van der Waals surface area contributed by atoms with Gasteiger partial charge in [0.1, 0.15) is 0 Å². The van der Waals surface area contributed by atoms with Crippen molar-refractivity contribution in [3.05, 3.63) is 39.1 Å². The van der Waals surface area contributed by atoms with Crippen LogP contribution in [0.15, 0.2) is 18.2 Å². The van der Waals surface area contributed by atoms with E-state index in [-0.39, 0.29) is 5.91 Å². The van der Waals surface area contributed by atoms with Gasteiger partial charge < -0.3 is 19.5 Å². The van der Waals surface area contributed by atoms with Crippen molar-refractivity contribution in [2.45, 2.75) is 32.7 Å². The summed E-state index contributed by atoms with van der Waals surface area (Å²) in [5, 5.41) is 3.00. The molecule has 1 aliphatic carbocycles. The summed E-state index contributed by atoms with van der Waals surface area (Å²) in [4.78, 5) is 14.7. The minimum atomic E-state index is -0.0363. The molecule has 1 aromatic heterocycles. The predicted octanol–water partition coefficient (Wildman–Crippen LogP) is 3.83. The Morgan fingerprint density at radius 3 is 2.46 bits per heavy atom. The van der Waals surface area contributed by atoms with Crippen LogP contribution in [0.2, 0.25) is 0 Å². The zero-order valence-electron chi connectivity index (χ0n) is 15.7. The SMILES string of the molecule is COc1cc(CNC(=O)c2cc3c(s2)CC[C@@H](C)C3)cc(OC)c1OC. The normalized spacial score (nSPS) is 15.9. The molecule has 26 heavy (non-hydrogen) atoms. The quantitative estimate of drug-likeness (QED) is 0.834. The van der Waals surface area contributed by atoms with E-state index < -0.39 is 0 Å². The molecule has 3 rings (SSSR count). The standard InChI is InChI=1S/C20H25NO4S/c1-12-5-6-17-14(7-12)10-18(26-17)20(22)21-11-13-8-15(23-2)19(25-4)16(9-13)24-3/h8-10,12H,5-7,11H2,1-4H3,(H,21,22)/t12-/m1/s1. The lowest BCUT2D eigenvalue weighted by molar-refractivity contribution is 0.0955. The molecule has 1 heterocycles. The maximum absolute atomic E-state index is 12.6. The molecule has 0 radical (unpaired) electrons. The topological polar surface area (TPSA) is 56.8 Å². The minimum absolute atomic E-state index is 0.0363. The number of benzene rings is 1. The number of nitrogens with one attached hydrogen (secondary N) is 1. The lowest BCUT2D eigenvalue weighted by atomic mass is 9.90. The number of carbonyl (C=O) groups is 1. The summed E-state index contributed by atoms with van der Waals surface area (Å²) in [5.74, 6) is 2.37. The van der Waals surface area contributed by atoms with E-state index in [1.165, 1.54) is 16.9 Å². The summed E-state index contributed by atoms with van der Waals surface area (Å²) in [6, 6.07) is 5.76. The monoisotopic (exact) mass is 375 g/mol. The first kappa shape index (κ1) is 18.6. The van der Waals surface area contributed by atoms with Gasteiger partial charge in [-0.15, -0.1) is 11.3 Å². The number of hydrogen-bond acceptors (Lipinski definition) is 5. The molecule has 5 nitrogen and oxygen atoms in total. The third-order valence-corrected chi connectivity index (χ3v) is 5.97. The Morgan fingerprint density at radius 2 is 1.85 bits per heavy atom. The summed E-state index contributed by atoms with van der Waals surface area (Å²) in [6.45, 7) is 2.67. The third-order valence-electron chi connectivity index (χ3n) is 4.73. The molecule has 1 atom stereocenters. The summed E-state index contributed by atoms with van der Waals surface area (Å²) in [5.41, 5.74) is 2.23. The van der Waals surface area contributed by atoms with Crippen molar-refractivity contribution in [1.29, 1.82) is 0 Å². The molecule has 2 aromatic rings. The molecule has 0 unspecified atom stereocenters. The Labute approximate surface area is 158 Å². The van der Waals surface area contributed by atoms with Crippen LogP contribution in [0, 0.1) is 5.92 Å². The van der Waals surface area contributed by atoms with Gasteiger partial charge in [0.15, 0.2) is 11.5 Å². The van der Waals surface area contributed by atoms with Crippen LogP contribution in [-0.4, -0.2) is 27.2 Å². The average Bonchev–Trinajstić information content (AvgIpc) is 3.08. The Balaban J connectivity index is 1.72. The van der Waals surface area contributed by atoms with Gasteiger partial charge in [-0.25, -0.2) is 0 Å². The minimum Gasteiger partial charge on any atom is -0.493 e. The summed E-state index contributed by atoms with van der Waals surface area (Å²) >= 11 is 1.62. The van der Waals surface area contributed by atoms with Crippen molar-refractivity contribution < 1.29 is 19.0 Å². The van der Waals surface area contributed by atoms with Crippen molar-refractivity contribution in [3.8, 4) is 17.2 Å². The Morgan fingerprint density at radius 1 is 1.15 bits per heavy atom. The fraction of sp³-hybridized carbons (Fsp3) is 0.450. The molecule has 1 N–H and O–H groups in total. The molecule has 1 aromatic carbocycles. The smallest absolute Gasteiger partial charge is 0.261 e. The Bertz CT molecular complexity index is 774. The predicted molar refractivity (Wildman–Crippen MR) is 103 cm³/mol. The van der Waals surface area contributed by atoms with Gasteiger partial charge >= 0.3 is 0 Å². The van der Waals surface area contributed by atoms with Crippen molar-refractivity contribution in [1.82, 2.24) is 5.32 Å². The zero-order chi connectivity index (χ0) is 18.7. The first-order chi connectivity index (χ1) is 12.5. The van der Waals surface area contributed by atoms with Crippen LogP contribution in [0.3, 0.4) is 0 Å². The van der Waals surface area contributed by atoms with E-state index in [1.807, 2.05) is 12.1 Å². The fourth-order valence-electron chi connectivity index (χ4n) is 3.32. The molecule has 0 bridgehead atoms. The number of thiophene rings is 1. The van der Waals surface area contributed by atoms with Gasteiger partial charge in [0.25, 0.3) is 5.91 Å². The number of hydrogen-bond donors (Lipinski definition) is 1. The van der Waals surface area contributed by atoms with Crippen molar-refractivity contribution in [2.75, 3.05) is 21.3 Å². The highest BCUT2D eigenvalue weighted by Gasteiger charge is 2.21. The van der Waals surface area contributed by atoms with Crippen molar-refractivity contribution >= 4 is 17.2 Å². The first-order valence-electron chi connectivity index (χ1n) is 8.74. The van der Waals surface area contributed by atoms with Gasteiger partial charge in [-0.05, 0) is 54.5 Å². The van der Waals surface area contributed by atoms with Gasteiger partial charge in [-0.1, -0.05) is 6.92 Å². The van der Waals surface area contributed by atoms with Crippen LogP contribution in [0.25, 0.3) is 0 Å². The summed E-state index contributed by atoms with van der Waals surface area (Å²) < 4.78 is 16.0. The lowest BCUT2D eigenvalue weighted by Gasteiger charge is -2.16. The van der Waals surface area contributed by atoms with Crippen LogP contribution in [-0.2, 0) is 19.4 Å². The zero-order valence-corrected chi connectivity index (χ0v) is 16.5. The van der Waals surface area contributed by atoms with E-state index in [0.717, 1.165) is 23.3 Å². The number of carbonyl (C=O) groups excluding carboxylic acids is 1. The highest BCUT2D eigenvalue weighted by molar-refractivity contribution is 7.14. The number of amides is 1. The molecular formula is C20H25NO4S. The third kappa shape index (κ3) is 3.80. The second-order valence-electron chi connectivity index (χ2n) is 6.62. The Hall–Kier alpha value is -2.21. The maximum atomic E-state index is 12.6. The number of methoxy groups -OCH3 is 3. The van der Waals surface area contributed by atoms with Crippen LogP contribution in [0.1, 0.15) is 39.0 Å². The number of ether oxygens (including phenoxy) is 3. The van der Waals surface area contributed by atoms with E-state index in [1.54, 1.807) is 32.7 Å². The fourth-order valence-corrected chi connectivity index (χ4v) is 4.45. The maximum Gasteiger partial charge on any atom is 0.261 e. The van der Waals surface area contributed by atoms with Gasteiger partial charge in [-0.2, -0.15) is 0 Å². The van der Waals surface area contributed by atoms with Crippen LogP contribution >= 0.6 is 11.3 Å².